The third-order valence-corrected chi connectivity index (χ3v) is 3.65. The normalized spacial score (nSPS) is 13.1. The number of methoxy groups -OCH3 is 1. The van der Waals surface area contributed by atoms with E-state index < -0.39 is 12.1 Å². The lowest BCUT2D eigenvalue weighted by molar-refractivity contribution is 0.145. The molecule has 2 atom stereocenters. The first-order valence-electron chi connectivity index (χ1n) is 6.57. The van der Waals surface area contributed by atoms with Crippen molar-refractivity contribution in [2.75, 3.05) is 7.11 Å². The van der Waals surface area contributed by atoms with Crippen molar-refractivity contribution in [1.82, 2.24) is 0 Å². The first kappa shape index (κ1) is 18.6. The van der Waals surface area contributed by atoms with E-state index in [-0.39, 0.29) is 28.9 Å². The van der Waals surface area contributed by atoms with E-state index in [0.717, 1.165) is 5.56 Å². The maximum atomic E-state index is 10.3. The van der Waals surface area contributed by atoms with Crippen LogP contribution in [0.25, 0.3) is 0 Å². The number of aliphatic hydroxyl groups excluding tert-OH is 1. The zero-order chi connectivity index (χ0) is 15.4. The fourth-order valence-electron chi connectivity index (χ4n) is 2.15. The molecule has 0 spiro atoms. The van der Waals surface area contributed by atoms with Gasteiger partial charge in [-0.2, -0.15) is 0 Å². The van der Waals surface area contributed by atoms with Crippen LogP contribution in [0, 0.1) is 0 Å². The highest BCUT2D eigenvalue weighted by Gasteiger charge is 2.20. The van der Waals surface area contributed by atoms with Crippen molar-refractivity contribution in [3.8, 4) is 11.5 Å². The minimum absolute atomic E-state index is 0. The molecule has 0 amide bonds. The molecule has 22 heavy (non-hydrogen) atoms. The predicted molar refractivity (Wildman–Crippen MR) is 90.0 cm³/mol. The van der Waals surface area contributed by atoms with Crippen molar-refractivity contribution in [2.24, 2.45) is 5.73 Å². The van der Waals surface area contributed by atoms with Gasteiger partial charge in [0, 0.05) is 6.42 Å². The third-order valence-electron chi connectivity index (χ3n) is 3.36. The Hall–Kier alpha value is -1.46. The van der Waals surface area contributed by atoms with Crippen molar-refractivity contribution in [3.05, 3.63) is 58.6 Å². The molecule has 2 aromatic carbocycles. The molecule has 0 fully saturated rings. The fourth-order valence-corrected chi connectivity index (χ4v) is 2.37. The van der Waals surface area contributed by atoms with E-state index in [1.807, 2.05) is 30.3 Å². The number of aliphatic hydroxyl groups is 1. The number of rotatable bonds is 5. The number of ether oxygens (including phenoxy) is 1. The lowest BCUT2D eigenvalue weighted by Crippen LogP contribution is -2.28. The first-order valence-corrected chi connectivity index (χ1v) is 6.94. The molecule has 0 bridgehead atoms. The highest BCUT2D eigenvalue weighted by molar-refractivity contribution is 6.32. The maximum Gasteiger partial charge on any atom is 0.176 e. The van der Waals surface area contributed by atoms with Gasteiger partial charge in [0.25, 0.3) is 0 Å². The molecule has 0 aliphatic carbocycles. The quantitative estimate of drug-likeness (QED) is 0.779. The van der Waals surface area contributed by atoms with Crippen molar-refractivity contribution in [2.45, 2.75) is 18.6 Å². The zero-order valence-electron chi connectivity index (χ0n) is 12.1. The summed E-state index contributed by atoms with van der Waals surface area (Å²) in [5, 5.41) is 20.1. The molecule has 4 N–H and O–H groups in total. The van der Waals surface area contributed by atoms with Gasteiger partial charge in [0.1, 0.15) is 0 Å². The topological polar surface area (TPSA) is 75.7 Å². The van der Waals surface area contributed by atoms with Gasteiger partial charge in [-0.25, -0.2) is 0 Å². The molecule has 0 aromatic heterocycles. The van der Waals surface area contributed by atoms with Gasteiger partial charge < -0.3 is 20.7 Å². The average Bonchev–Trinajstić information content (AvgIpc) is 2.50. The number of benzene rings is 2. The van der Waals surface area contributed by atoms with Crippen LogP contribution in [0.3, 0.4) is 0 Å². The van der Waals surface area contributed by atoms with Gasteiger partial charge in [0.05, 0.1) is 24.3 Å². The van der Waals surface area contributed by atoms with Crippen LogP contribution in [0.1, 0.15) is 17.2 Å². The molecular formula is C16H19Cl2NO3. The highest BCUT2D eigenvalue weighted by Crippen LogP contribution is 2.36. The number of phenols is 1. The summed E-state index contributed by atoms with van der Waals surface area (Å²) in [6, 6.07) is 12.1. The minimum atomic E-state index is -0.766. The Morgan fingerprint density at radius 2 is 1.86 bits per heavy atom. The zero-order valence-corrected chi connectivity index (χ0v) is 13.6. The lowest BCUT2D eigenvalue weighted by atomic mass is 9.96. The fraction of sp³-hybridized carbons (Fsp3) is 0.250. The molecule has 4 nitrogen and oxygen atoms in total. The first-order chi connectivity index (χ1) is 10.0. The summed E-state index contributed by atoms with van der Waals surface area (Å²) in [5.74, 6) is 0.104. The number of aromatic hydroxyl groups is 1. The lowest BCUT2D eigenvalue weighted by Gasteiger charge is -2.20. The molecule has 0 heterocycles. The second kappa shape index (κ2) is 8.25. The second-order valence-corrected chi connectivity index (χ2v) is 5.24. The highest BCUT2D eigenvalue weighted by atomic mass is 35.5. The Morgan fingerprint density at radius 3 is 2.45 bits per heavy atom. The van der Waals surface area contributed by atoms with Gasteiger partial charge in [-0.05, 0) is 23.3 Å². The van der Waals surface area contributed by atoms with Crippen molar-refractivity contribution < 1.29 is 14.9 Å². The monoisotopic (exact) mass is 343 g/mol. The van der Waals surface area contributed by atoms with Crippen LogP contribution in [0.15, 0.2) is 42.5 Å². The molecular weight excluding hydrogens is 325 g/mol. The number of hydrogen-bond acceptors (Lipinski definition) is 4. The SMILES string of the molecule is COc1cc([C@@H](N)[C@@H](O)Cc2ccccc2)cc(Cl)c1O.Cl. The maximum absolute atomic E-state index is 10.3. The smallest absolute Gasteiger partial charge is 0.176 e. The van der Waals surface area contributed by atoms with E-state index in [1.54, 1.807) is 6.07 Å². The molecule has 0 saturated carbocycles. The Bertz CT molecular complexity index is 608. The van der Waals surface area contributed by atoms with Gasteiger partial charge in [-0.3, -0.25) is 0 Å². The van der Waals surface area contributed by atoms with Crippen molar-refractivity contribution in [3.63, 3.8) is 0 Å². The standard InChI is InChI=1S/C16H18ClNO3.ClH/c1-21-14-9-11(8-12(17)16(14)20)15(18)13(19)7-10-5-3-2-4-6-10;/h2-6,8-9,13,15,19-20H,7,18H2,1H3;1H/t13-,15+;/m0./s1. The summed E-state index contributed by atoms with van der Waals surface area (Å²) in [6.07, 6.45) is -0.333. The number of phenolic OH excluding ortho intramolecular Hbond substituents is 1. The summed E-state index contributed by atoms with van der Waals surface area (Å²) in [7, 11) is 1.43. The largest absolute Gasteiger partial charge is 0.503 e. The summed E-state index contributed by atoms with van der Waals surface area (Å²) in [5.41, 5.74) is 7.69. The molecule has 0 saturated heterocycles. The van der Waals surface area contributed by atoms with Gasteiger partial charge >= 0.3 is 0 Å². The Morgan fingerprint density at radius 1 is 1.23 bits per heavy atom. The molecule has 0 aliphatic heterocycles. The third kappa shape index (κ3) is 4.27. The van der Waals surface area contributed by atoms with Gasteiger partial charge in [0.2, 0.25) is 0 Å². The molecule has 0 unspecified atom stereocenters. The van der Waals surface area contributed by atoms with E-state index in [1.165, 1.54) is 13.2 Å². The van der Waals surface area contributed by atoms with Crippen LogP contribution in [-0.2, 0) is 6.42 Å². The van der Waals surface area contributed by atoms with Crippen molar-refractivity contribution >= 4 is 24.0 Å². The van der Waals surface area contributed by atoms with E-state index in [4.69, 9.17) is 22.1 Å². The van der Waals surface area contributed by atoms with E-state index >= 15 is 0 Å². The average molecular weight is 344 g/mol. The van der Waals surface area contributed by atoms with Crippen LogP contribution < -0.4 is 10.5 Å². The Kier molecular flexibility index (Phi) is 6.97. The van der Waals surface area contributed by atoms with Crippen LogP contribution in [-0.4, -0.2) is 23.4 Å². The minimum Gasteiger partial charge on any atom is -0.503 e. The van der Waals surface area contributed by atoms with Crippen molar-refractivity contribution in [1.29, 1.82) is 0 Å². The summed E-state index contributed by atoms with van der Waals surface area (Å²) in [4.78, 5) is 0. The summed E-state index contributed by atoms with van der Waals surface area (Å²) >= 11 is 5.94. The summed E-state index contributed by atoms with van der Waals surface area (Å²) < 4.78 is 5.04. The van der Waals surface area contributed by atoms with Gasteiger partial charge in [-0.15, -0.1) is 12.4 Å². The predicted octanol–water partition coefficient (Wildman–Crippen LogP) is 3.08. The molecule has 6 heteroatoms. The van der Waals surface area contributed by atoms with Gasteiger partial charge in [0.15, 0.2) is 11.5 Å². The van der Waals surface area contributed by atoms with E-state index in [2.05, 4.69) is 0 Å². The van der Waals surface area contributed by atoms with E-state index in [9.17, 15) is 10.2 Å². The van der Waals surface area contributed by atoms with E-state index in [0.29, 0.717) is 12.0 Å². The molecule has 2 rings (SSSR count). The van der Waals surface area contributed by atoms with Gasteiger partial charge in [-0.1, -0.05) is 41.9 Å². The second-order valence-electron chi connectivity index (χ2n) is 4.84. The number of halogens is 2. The molecule has 0 radical (unpaired) electrons. The van der Waals surface area contributed by atoms with Crippen LogP contribution >= 0.6 is 24.0 Å². The summed E-state index contributed by atoms with van der Waals surface area (Å²) in [6.45, 7) is 0. The van der Waals surface area contributed by atoms with Crippen LogP contribution in [0.5, 0.6) is 11.5 Å². The molecule has 2 aromatic rings. The Labute approximate surface area is 140 Å². The number of nitrogens with two attached hydrogens (primary N) is 1. The molecule has 0 aliphatic rings. The van der Waals surface area contributed by atoms with Crippen LogP contribution in [0.2, 0.25) is 5.02 Å². The molecule has 120 valence electrons. The Balaban J connectivity index is 0.00000242. The number of hydrogen-bond donors (Lipinski definition) is 3. The van der Waals surface area contributed by atoms with Crippen LogP contribution in [0.4, 0.5) is 0 Å².